The van der Waals surface area contributed by atoms with E-state index in [1.807, 2.05) is 49.6 Å². The topological polar surface area (TPSA) is 63.5 Å². The van der Waals surface area contributed by atoms with Gasteiger partial charge in [-0.05, 0) is 93.7 Å². The zero-order chi connectivity index (χ0) is 31.0. The maximum Gasteiger partial charge on any atom is 0.255 e. The monoisotopic (exact) mass is 609 g/mol. The highest BCUT2D eigenvalue weighted by Gasteiger charge is 2.26. The Morgan fingerprint density at radius 2 is 1.59 bits per heavy atom. The van der Waals surface area contributed by atoms with Crippen molar-refractivity contribution in [2.75, 3.05) is 37.7 Å². The number of para-hydroxylation sites is 1. The van der Waals surface area contributed by atoms with E-state index in [-0.39, 0.29) is 5.56 Å². The first-order valence-electron chi connectivity index (χ1n) is 16.7. The average Bonchev–Trinajstić information content (AvgIpc) is 3.12. The summed E-state index contributed by atoms with van der Waals surface area (Å²) in [7, 11) is 0. The van der Waals surface area contributed by atoms with Gasteiger partial charge >= 0.3 is 0 Å². The molecular weight excluding hydrogens is 570 g/mol. The quantitative estimate of drug-likeness (QED) is 0.181. The van der Waals surface area contributed by atoms with E-state index in [0.717, 1.165) is 68.3 Å². The number of ether oxygens (including phenoxy) is 1. The Morgan fingerprint density at radius 1 is 0.761 bits per heavy atom. The normalized spacial score (nSPS) is 16.4. The van der Waals surface area contributed by atoms with Crippen molar-refractivity contribution in [3.8, 4) is 22.6 Å². The first-order valence-corrected chi connectivity index (χ1v) is 16.7. The minimum Gasteiger partial charge on any atom is -0.492 e. The molecule has 3 aromatic carbocycles. The van der Waals surface area contributed by atoms with Crippen molar-refractivity contribution < 1.29 is 4.74 Å². The fourth-order valence-corrected chi connectivity index (χ4v) is 7.49. The van der Waals surface area contributed by atoms with Crippen LogP contribution in [0.1, 0.15) is 39.0 Å². The van der Waals surface area contributed by atoms with Gasteiger partial charge in [-0.2, -0.15) is 0 Å². The predicted molar refractivity (Wildman–Crippen MR) is 187 cm³/mol. The average molecular weight is 610 g/mol. The van der Waals surface area contributed by atoms with Crippen LogP contribution in [0.2, 0.25) is 0 Å². The third-order valence-corrected chi connectivity index (χ3v) is 9.86. The fraction of sp³-hybridized carbons (Fsp3) is 0.308. The van der Waals surface area contributed by atoms with Gasteiger partial charge in [-0.3, -0.25) is 19.3 Å². The molecule has 2 aliphatic rings. The molecule has 0 spiro atoms. The van der Waals surface area contributed by atoms with Crippen molar-refractivity contribution >= 4 is 38.4 Å². The molecule has 0 saturated carbocycles. The van der Waals surface area contributed by atoms with E-state index in [4.69, 9.17) is 14.7 Å². The molecule has 0 N–H and O–H groups in total. The summed E-state index contributed by atoms with van der Waals surface area (Å²) >= 11 is 0. The van der Waals surface area contributed by atoms with Gasteiger partial charge in [-0.15, -0.1) is 0 Å². The third kappa shape index (κ3) is 5.28. The molecule has 0 bridgehead atoms. The van der Waals surface area contributed by atoms with Crippen LogP contribution in [0.25, 0.3) is 49.5 Å². The molecule has 2 saturated heterocycles. The molecule has 0 amide bonds. The largest absolute Gasteiger partial charge is 0.492 e. The molecule has 232 valence electrons. The van der Waals surface area contributed by atoms with Crippen molar-refractivity contribution in [3.63, 3.8) is 0 Å². The summed E-state index contributed by atoms with van der Waals surface area (Å²) in [5.74, 6) is 0.715. The van der Waals surface area contributed by atoms with E-state index >= 15 is 0 Å². The minimum atomic E-state index is -0.103. The van der Waals surface area contributed by atoms with Crippen molar-refractivity contribution in [1.29, 1.82) is 0 Å². The first kappa shape index (κ1) is 28.7. The fourth-order valence-electron chi connectivity index (χ4n) is 7.49. The molecule has 2 aliphatic heterocycles. The zero-order valence-electron chi connectivity index (χ0n) is 26.4. The van der Waals surface area contributed by atoms with Gasteiger partial charge in [-0.1, -0.05) is 30.7 Å². The van der Waals surface area contributed by atoms with Crippen molar-refractivity contribution in [1.82, 2.24) is 19.4 Å². The van der Waals surface area contributed by atoms with Crippen LogP contribution in [0, 0.1) is 0 Å². The lowest BCUT2D eigenvalue weighted by atomic mass is 9.99. The van der Waals surface area contributed by atoms with E-state index in [1.54, 1.807) is 10.6 Å². The summed E-state index contributed by atoms with van der Waals surface area (Å²) in [5.41, 5.74) is 6.45. The lowest BCUT2D eigenvalue weighted by Gasteiger charge is -2.41. The summed E-state index contributed by atoms with van der Waals surface area (Å²) in [6.45, 7) is 7.06. The molecular formula is C39H39N5O2. The van der Waals surface area contributed by atoms with Crippen molar-refractivity contribution in [3.05, 3.63) is 102 Å². The van der Waals surface area contributed by atoms with Crippen LogP contribution in [-0.4, -0.2) is 58.3 Å². The number of piperidine rings is 2. The molecule has 6 aromatic rings. The standard InChI is InChI=1S/C39H39N5O2/c1-2-46-37-24-32(43-20-16-31(17-21-43)42-18-6-3-7-19-42)12-14-36(37)44-38(45)15-11-29-25-41-35-13-10-27(23-33(35)39(29)44)30-22-28-8-4-5-9-34(28)40-26-30/h4-5,8-15,22-26,31H,2-3,6-7,16-21H2,1H3. The number of benzene rings is 3. The van der Waals surface area contributed by atoms with Crippen LogP contribution in [-0.2, 0) is 0 Å². The van der Waals surface area contributed by atoms with Crippen LogP contribution in [0.3, 0.4) is 0 Å². The molecule has 0 radical (unpaired) electrons. The van der Waals surface area contributed by atoms with Crippen molar-refractivity contribution in [2.24, 2.45) is 0 Å². The van der Waals surface area contributed by atoms with Crippen LogP contribution < -0.4 is 15.2 Å². The van der Waals surface area contributed by atoms with Gasteiger partial charge in [0.1, 0.15) is 5.75 Å². The molecule has 5 heterocycles. The van der Waals surface area contributed by atoms with Crippen LogP contribution in [0.4, 0.5) is 5.69 Å². The molecule has 2 fully saturated rings. The van der Waals surface area contributed by atoms with Gasteiger partial charge in [0.15, 0.2) is 0 Å². The van der Waals surface area contributed by atoms with Crippen LogP contribution in [0.5, 0.6) is 5.75 Å². The van der Waals surface area contributed by atoms with Gasteiger partial charge in [0.05, 0.1) is 28.8 Å². The van der Waals surface area contributed by atoms with E-state index in [0.29, 0.717) is 18.4 Å². The zero-order valence-corrected chi connectivity index (χ0v) is 26.4. The molecule has 7 heteroatoms. The van der Waals surface area contributed by atoms with Crippen molar-refractivity contribution in [2.45, 2.75) is 45.1 Å². The second kappa shape index (κ2) is 12.2. The van der Waals surface area contributed by atoms with E-state index in [1.165, 1.54) is 45.2 Å². The maximum atomic E-state index is 13.8. The SMILES string of the molecule is CCOc1cc(N2CCC(N3CCCCC3)CC2)ccc1-n1c(=O)ccc2cnc3ccc(-c4cnc5ccccc5c4)cc3c21. The molecule has 0 unspecified atom stereocenters. The third-order valence-electron chi connectivity index (χ3n) is 9.86. The van der Waals surface area contributed by atoms with E-state index in [2.05, 4.69) is 52.3 Å². The van der Waals surface area contributed by atoms with Crippen LogP contribution >= 0.6 is 0 Å². The smallest absolute Gasteiger partial charge is 0.255 e. The molecule has 0 aliphatic carbocycles. The number of anilines is 1. The Bertz CT molecular complexity index is 2110. The lowest BCUT2D eigenvalue weighted by molar-refractivity contribution is 0.141. The van der Waals surface area contributed by atoms with Gasteiger partial charge in [0.25, 0.3) is 5.56 Å². The Balaban J connectivity index is 1.20. The number of fused-ring (bicyclic) bond motifs is 4. The highest BCUT2D eigenvalue weighted by Crippen LogP contribution is 2.35. The summed E-state index contributed by atoms with van der Waals surface area (Å²) < 4.78 is 8.08. The number of aromatic nitrogens is 3. The molecule has 46 heavy (non-hydrogen) atoms. The summed E-state index contributed by atoms with van der Waals surface area (Å²) in [5, 5.41) is 2.89. The molecule has 3 aromatic heterocycles. The van der Waals surface area contributed by atoms with Gasteiger partial charge in [0, 0.05) is 71.1 Å². The van der Waals surface area contributed by atoms with Gasteiger partial charge < -0.3 is 14.5 Å². The van der Waals surface area contributed by atoms with Gasteiger partial charge in [0.2, 0.25) is 0 Å². The Kier molecular flexibility index (Phi) is 7.62. The second-order valence-electron chi connectivity index (χ2n) is 12.6. The number of hydrogen-bond acceptors (Lipinski definition) is 6. The Labute approximate surface area is 269 Å². The number of nitrogens with zero attached hydrogens (tertiary/aromatic N) is 5. The predicted octanol–water partition coefficient (Wildman–Crippen LogP) is 7.61. The maximum absolute atomic E-state index is 13.8. The Hall–Kier alpha value is -4.75. The summed E-state index contributed by atoms with van der Waals surface area (Å²) in [6.07, 6.45) is 10.2. The minimum absolute atomic E-state index is 0.103. The number of pyridine rings is 3. The van der Waals surface area contributed by atoms with Crippen LogP contribution in [0.15, 0.2) is 96.1 Å². The van der Waals surface area contributed by atoms with E-state index < -0.39 is 0 Å². The highest BCUT2D eigenvalue weighted by molar-refractivity contribution is 6.05. The molecule has 7 nitrogen and oxygen atoms in total. The molecule has 8 rings (SSSR count). The Morgan fingerprint density at radius 3 is 2.43 bits per heavy atom. The van der Waals surface area contributed by atoms with Gasteiger partial charge in [-0.25, -0.2) is 0 Å². The first-order chi connectivity index (χ1) is 22.7. The number of likely N-dealkylation sites (tertiary alicyclic amines) is 1. The number of hydrogen-bond donors (Lipinski definition) is 0. The lowest BCUT2D eigenvalue weighted by Crippen LogP contribution is -2.46. The van der Waals surface area contributed by atoms with E-state index in [9.17, 15) is 4.79 Å². The summed E-state index contributed by atoms with van der Waals surface area (Å²) in [6, 6.07) is 27.1. The molecule has 0 atom stereocenters. The second-order valence-corrected chi connectivity index (χ2v) is 12.6. The number of rotatable bonds is 6. The highest BCUT2D eigenvalue weighted by atomic mass is 16.5. The summed E-state index contributed by atoms with van der Waals surface area (Å²) in [4.78, 5) is 28.4.